The molecule has 0 aliphatic rings. The number of aromatic nitrogens is 2. The zero-order valence-corrected chi connectivity index (χ0v) is 10.8. The van der Waals surface area contributed by atoms with Crippen molar-refractivity contribution in [3.05, 3.63) is 11.7 Å². The van der Waals surface area contributed by atoms with Crippen molar-refractivity contribution in [2.75, 3.05) is 26.6 Å². The summed E-state index contributed by atoms with van der Waals surface area (Å²) in [6.45, 7) is 0.682. The van der Waals surface area contributed by atoms with E-state index < -0.39 is 0 Å². The summed E-state index contributed by atoms with van der Waals surface area (Å²) in [7, 11) is 1.56. The SMILES string of the molecule is COCCOC(=O)CCc1nc(CSC)no1. The van der Waals surface area contributed by atoms with E-state index in [1.807, 2.05) is 6.26 Å². The minimum atomic E-state index is -0.285. The summed E-state index contributed by atoms with van der Waals surface area (Å²) < 4.78 is 14.7. The van der Waals surface area contributed by atoms with E-state index in [1.54, 1.807) is 18.9 Å². The Labute approximate surface area is 104 Å². The molecule has 0 aliphatic carbocycles. The van der Waals surface area contributed by atoms with Gasteiger partial charge < -0.3 is 14.0 Å². The van der Waals surface area contributed by atoms with Gasteiger partial charge in [0.25, 0.3) is 0 Å². The average Bonchev–Trinajstić information content (AvgIpc) is 2.75. The van der Waals surface area contributed by atoms with E-state index in [4.69, 9.17) is 14.0 Å². The van der Waals surface area contributed by atoms with Gasteiger partial charge in [-0.3, -0.25) is 4.79 Å². The maximum atomic E-state index is 11.3. The molecule has 0 N–H and O–H groups in total. The lowest BCUT2D eigenvalue weighted by atomic mass is 10.3. The van der Waals surface area contributed by atoms with Crippen LogP contribution in [-0.2, 0) is 26.4 Å². The van der Waals surface area contributed by atoms with E-state index in [2.05, 4.69) is 10.1 Å². The van der Waals surface area contributed by atoms with Crippen molar-refractivity contribution >= 4 is 17.7 Å². The Hall–Kier alpha value is -1.08. The van der Waals surface area contributed by atoms with Crippen LogP contribution in [0.2, 0.25) is 0 Å². The van der Waals surface area contributed by atoms with E-state index in [-0.39, 0.29) is 19.0 Å². The second kappa shape index (κ2) is 8.08. The fourth-order valence-electron chi connectivity index (χ4n) is 1.10. The van der Waals surface area contributed by atoms with Crippen LogP contribution in [0.4, 0.5) is 0 Å². The van der Waals surface area contributed by atoms with Gasteiger partial charge in [0.15, 0.2) is 5.82 Å². The average molecular weight is 260 g/mol. The highest BCUT2D eigenvalue weighted by Crippen LogP contribution is 2.07. The monoisotopic (exact) mass is 260 g/mol. The number of ether oxygens (including phenoxy) is 2. The molecule has 0 radical (unpaired) electrons. The summed E-state index contributed by atoms with van der Waals surface area (Å²) in [6, 6.07) is 0. The Bertz CT molecular complexity index is 343. The molecule has 0 amide bonds. The second-order valence-electron chi connectivity index (χ2n) is 3.25. The molecule has 0 saturated heterocycles. The lowest BCUT2D eigenvalue weighted by Gasteiger charge is -2.01. The van der Waals surface area contributed by atoms with Gasteiger partial charge in [-0.05, 0) is 6.26 Å². The number of hydrogen-bond donors (Lipinski definition) is 0. The van der Waals surface area contributed by atoms with Gasteiger partial charge in [0.2, 0.25) is 5.89 Å². The molecule has 0 unspecified atom stereocenters. The van der Waals surface area contributed by atoms with Crippen LogP contribution in [0.15, 0.2) is 4.52 Å². The van der Waals surface area contributed by atoms with Crippen LogP contribution in [0, 0.1) is 0 Å². The van der Waals surface area contributed by atoms with E-state index in [9.17, 15) is 4.79 Å². The lowest BCUT2D eigenvalue weighted by molar-refractivity contribution is -0.144. The summed E-state index contributed by atoms with van der Waals surface area (Å²) in [5.74, 6) is 1.55. The van der Waals surface area contributed by atoms with Crippen LogP contribution in [0.25, 0.3) is 0 Å². The second-order valence-corrected chi connectivity index (χ2v) is 4.12. The van der Waals surface area contributed by atoms with Crippen LogP contribution >= 0.6 is 11.8 Å². The smallest absolute Gasteiger partial charge is 0.306 e. The third-order valence-corrected chi connectivity index (χ3v) is 2.42. The van der Waals surface area contributed by atoms with Crippen molar-refractivity contribution in [2.45, 2.75) is 18.6 Å². The molecule has 0 aliphatic heterocycles. The summed E-state index contributed by atoms with van der Waals surface area (Å²) in [6.07, 6.45) is 2.61. The first-order chi connectivity index (χ1) is 8.26. The molecule has 6 nitrogen and oxygen atoms in total. The van der Waals surface area contributed by atoms with Crippen molar-refractivity contribution in [2.24, 2.45) is 0 Å². The maximum Gasteiger partial charge on any atom is 0.306 e. The lowest BCUT2D eigenvalue weighted by Crippen LogP contribution is -2.10. The summed E-state index contributed by atoms with van der Waals surface area (Å²) in [5.41, 5.74) is 0. The van der Waals surface area contributed by atoms with Crippen LogP contribution < -0.4 is 0 Å². The van der Waals surface area contributed by atoms with Gasteiger partial charge in [-0.25, -0.2) is 0 Å². The number of esters is 1. The molecule has 0 aromatic carbocycles. The molecule has 1 aromatic heterocycles. The fourth-order valence-corrected chi connectivity index (χ4v) is 1.47. The molecule has 1 rings (SSSR count). The Morgan fingerprint density at radius 2 is 2.29 bits per heavy atom. The predicted molar refractivity (Wildman–Crippen MR) is 62.7 cm³/mol. The number of methoxy groups -OCH3 is 1. The number of rotatable bonds is 8. The van der Waals surface area contributed by atoms with Gasteiger partial charge in [0, 0.05) is 13.5 Å². The molecule has 0 fully saturated rings. The highest BCUT2D eigenvalue weighted by Gasteiger charge is 2.09. The molecule has 0 spiro atoms. The van der Waals surface area contributed by atoms with Gasteiger partial charge in [-0.15, -0.1) is 0 Å². The molecular weight excluding hydrogens is 244 g/mol. The predicted octanol–water partition coefficient (Wildman–Crippen LogP) is 1.05. The van der Waals surface area contributed by atoms with Crippen LogP contribution in [-0.4, -0.2) is 42.7 Å². The fraction of sp³-hybridized carbons (Fsp3) is 0.700. The van der Waals surface area contributed by atoms with E-state index in [0.717, 1.165) is 0 Å². The van der Waals surface area contributed by atoms with Gasteiger partial charge >= 0.3 is 5.97 Å². The van der Waals surface area contributed by atoms with Crippen LogP contribution in [0.3, 0.4) is 0 Å². The highest BCUT2D eigenvalue weighted by atomic mass is 32.2. The first kappa shape index (κ1) is 14.0. The van der Waals surface area contributed by atoms with Gasteiger partial charge in [-0.2, -0.15) is 16.7 Å². The topological polar surface area (TPSA) is 74.5 Å². The normalized spacial score (nSPS) is 10.5. The Morgan fingerprint density at radius 3 is 3.00 bits per heavy atom. The van der Waals surface area contributed by atoms with Crippen molar-refractivity contribution in [1.29, 1.82) is 0 Å². The first-order valence-corrected chi connectivity index (χ1v) is 6.60. The summed E-state index contributed by atoms with van der Waals surface area (Å²) in [4.78, 5) is 15.4. The molecule has 1 aromatic rings. The minimum Gasteiger partial charge on any atom is -0.463 e. The standard InChI is InChI=1S/C10H16N2O4S/c1-14-5-6-15-10(13)4-3-9-11-8(7-17-2)12-16-9/h3-7H2,1-2H3. The summed E-state index contributed by atoms with van der Waals surface area (Å²) in [5, 5.41) is 3.78. The van der Waals surface area contributed by atoms with E-state index >= 15 is 0 Å². The quantitative estimate of drug-likeness (QED) is 0.511. The number of carbonyl (C=O) groups is 1. The number of nitrogens with zero attached hydrogens (tertiary/aromatic N) is 2. The largest absolute Gasteiger partial charge is 0.463 e. The van der Waals surface area contributed by atoms with E-state index in [1.165, 1.54) is 0 Å². The Morgan fingerprint density at radius 1 is 1.47 bits per heavy atom. The maximum absolute atomic E-state index is 11.3. The van der Waals surface area contributed by atoms with Gasteiger partial charge in [0.1, 0.15) is 6.61 Å². The zero-order chi connectivity index (χ0) is 12.5. The molecule has 0 atom stereocenters. The third-order valence-electron chi connectivity index (χ3n) is 1.88. The van der Waals surface area contributed by atoms with Crippen LogP contribution in [0.5, 0.6) is 0 Å². The number of thioether (sulfide) groups is 1. The first-order valence-electron chi connectivity index (χ1n) is 5.21. The molecule has 7 heteroatoms. The molecule has 1 heterocycles. The molecule has 0 saturated carbocycles. The number of carbonyl (C=O) groups excluding carboxylic acids is 1. The van der Waals surface area contributed by atoms with Gasteiger partial charge in [0.05, 0.1) is 18.8 Å². The molecular formula is C10H16N2O4S. The van der Waals surface area contributed by atoms with Gasteiger partial charge in [-0.1, -0.05) is 5.16 Å². The Kier molecular flexibility index (Phi) is 6.64. The van der Waals surface area contributed by atoms with Crippen molar-refractivity contribution in [3.63, 3.8) is 0 Å². The van der Waals surface area contributed by atoms with Crippen molar-refractivity contribution < 1.29 is 18.8 Å². The molecule has 17 heavy (non-hydrogen) atoms. The van der Waals surface area contributed by atoms with Crippen LogP contribution in [0.1, 0.15) is 18.1 Å². The Balaban J connectivity index is 2.22. The zero-order valence-electron chi connectivity index (χ0n) is 9.97. The third kappa shape index (κ3) is 5.69. The van der Waals surface area contributed by atoms with Crippen molar-refractivity contribution in [1.82, 2.24) is 10.1 Å². The minimum absolute atomic E-state index is 0.241. The number of aryl methyl sites for hydroxylation is 1. The number of hydrogen-bond acceptors (Lipinski definition) is 7. The van der Waals surface area contributed by atoms with Crippen molar-refractivity contribution in [3.8, 4) is 0 Å². The summed E-state index contributed by atoms with van der Waals surface area (Å²) >= 11 is 1.62. The molecule has 0 bridgehead atoms. The molecule has 96 valence electrons. The van der Waals surface area contributed by atoms with E-state index in [0.29, 0.717) is 30.5 Å². The highest BCUT2D eigenvalue weighted by molar-refractivity contribution is 7.97.